The summed E-state index contributed by atoms with van der Waals surface area (Å²) in [4.78, 5) is 18.1. The van der Waals surface area contributed by atoms with Gasteiger partial charge in [0.15, 0.2) is 0 Å². The third kappa shape index (κ3) is 5.42. The number of nitrogens with zero attached hydrogens (tertiary/aromatic N) is 3. The number of benzene rings is 3. The van der Waals surface area contributed by atoms with E-state index in [0.29, 0.717) is 29.1 Å². The average molecular weight is 569 g/mol. The van der Waals surface area contributed by atoms with Crippen molar-refractivity contribution < 1.29 is 4.74 Å². The summed E-state index contributed by atoms with van der Waals surface area (Å²) in [6.07, 6.45) is 2.51. The zero-order valence-corrected chi connectivity index (χ0v) is 21.5. The van der Waals surface area contributed by atoms with E-state index in [0.717, 1.165) is 26.5 Å². The van der Waals surface area contributed by atoms with E-state index < -0.39 is 0 Å². The van der Waals surface area contributed by atoms with Gasteiger partial charge in [-0.05, 0) is 54.4 Å². The lowest BCUT2D eigenvalue weighted by atomic mass is 10.1. The number of para-hydroxylation sites is 1. The molecule has 4 aromatic rings. The molecule has 7 heteroatoms. The summed E-state index contributed by atoms with van der Waals surface area (Å²) < 4.78 is 9.31. The number of hydrogen-bond acceptors (Lipinski definition) is 4. The first-order valence-electron chi connectivity index (χ1n) is 10.7. The van der Waals surface area contributed by atoms with Gasteiger partial charge in [0.1, 0.15) is 18.2 Å². The Balaban J connectivity index is 1.70. The maximum Gasteiger partial charge on any atom is 0.282 e. The Morgan fingerprint density at radius 3 is 2.55 bits per heavy atom. The molecule has 1 aromatic heterocycles. The summed E-state index contributed by atoms with van der Waals surface area (Å²) in [5, 5.41) is 5.09. The fraction of sp³-hybridized carbons (Fsp3) is 0.192. The highest BCUT2D eigenvalue weighted by Gasteiger charge is 2.15. The minimum Gasteiger partial charge on any atom is -0.488 e. The second kappa shape index (κ2) is 10.4. The molecular formula is C26H23Br2N3O2. The summed E-state index contributed by atoms with van der Waals surface area (Å²) in [5.74, 6) is 1.41. The molecule has 0 unspecified atom stereocenters. The van der Waals surface area contributed by atoms with Crippen molar-refractivity contribution in [2.24, 2.45) is 5.10 Å². The molecule has 0 aliphatic rings. The molecule has 33 heavy (non-hydrogen) atoms. The van der Waals surface area contributed by atoms with E-state index in [1.165, 1.54) is 4.68 Å². The van der Waals surface area contributed by atoms with Crippen molar-refractivity contribution in [1.29, 1.82) is 0 Å². The first-order valence-corrected chi connectivity index (χ1v) is 12.3. The lowest BCUT2D eigenvalue weighted by Gasteiger charge is -2.14. The molecule has 0 radical (unpaired) electrons. The van der Waals surface area contributed by atoms with Gasteiger partial charge in [0.2, 0.25) is 0 Å². The molecule has 3 aromatic carbocycles. The molecular weight excluding hydrogens is 546 g/mol. The third-order valence-electron chi connectivity index (χ3n) is 5.43. The second-order valence-corrected chi connectivity index (χ2v) is 9.59. The Morgan fingerprint density at radius 2 is 1.79 bits per heavy atom. The predicted octanol–water partition coefficient (Wildman–Crippen LogP) is 6.90. The van der Waals surface area contributed by atoms with Crippen molar-refractivity contribution in [2.45, 2.75) is 32.8 Å². The molecule has 168 valence electrons. The molecule has 0 bridgehead atoms. The number of aromatic nitrogens is 2. The Bertz CT molecular complexity index is 1360. The van der Waals surface area contributed by atoms with Crippen molar-refractivity contribution in [1.82, 2.24) is 9.66 Å². The molecule has 0 amide bonds. The van der Waals surface area contributed by atoms with Gasteiger partial charge in [-0.2, -0.15) is 9.78 Å². The zero-order valence-electron chi connectivity index (χ0n) is 18.3. The average Bonchev–Trinajstić information content (AvgIpc) is 2.83. The summed E-state index contributed by atoms with van der Waals surface area (Å²) in [6, 6.07) is 21.2. The normalized spacial score (nSPS) is 12.4. The van der Waals surface area contributed by atoms with Crippen molar-refractivity contribution in [2.75, 3.05) is 0 Å². The molecule has 0 spiro atoms. The molecule has 0 saturated heterocycles. The summed E-state index contributed by atoms with van der Waals surface area (Å²) in [5.41, 5.74) is 2.32. The van der Waals surface area contributed by atoms with Crippen molar-refractivity contribution in [3.05, 3.63) is 103 Å². The zero-order chi connectivity index (χ0) is 23.4. The maximum absolute atomic E-state index is 13.3. The fourth-order valence-corrected chi connectivity index (χ4v) is 3.98. The van der Waals surface area contributed by atoms with Crippen molar-refractivity contribution in [3.63, 3.8) is 0 Å². The molecule has 5 nitrogen and oxygen atoms in total. The molecule has 1 atom stereocenters. The number of fused-ring (bicyclic) bond motifs is 1. The van der Waals surface area contributed by atoms with Crippen LogP contribution in [0.5, 0.6) is 5.75 Å². The molecule has 1 heterocycles. The Kier molecular flexibility index (Phi) is 7.40. The highest BCUT2D eigenvalue weighted by Crippen LogP contribution is 2.22. The Morgan fingerprint density at radius 1 is 1.06 bits per heavy atom. The van der Waals surface area contributed by atoms with Crippen LogP contribution in [0, 0.1) is 0 Å². The second-order valence-electron chi connectivity index (χ2n) is 7.76. The molecule has 0 aliphatic heterocycles. The minimum atomic E-state index is -0.193. The largest absolute Gasteiger partial charge is 0.488 e. The van der Waals surface area contributed by atoms with E-state index in [4.69, 9.17) is 9.72 Å². The number of rotatable bonds is 7. The molecule has 0 aliphatic carbocycles. The number of hydrogen-bond donors (Lipinski definition) is 0. The molecule has 0 fully saturated rings. The van der Waals surface area contributed by atoms with Crippen LogP contribution in [0.25, 0.3) is 10.9 Å². The Labute approximate surface area is 209 Å². The smallest absolute Gasteiger partial charge is 0.282 e. The topological polar surface area (TPSA) is 56.5 Å². The van der Waals surface area contributed by atoms with Crippen molar-refractivity contribution >= 4 is 49.0 Å². The SMILES string of the molecule is CC[C@H](C)c1nc2ccc(Br)cc2c(=O)n1N=Cc1ccccc1OCc1ccc(Br)cc1. The van der Waals surface area contributed by atoms with Gasteiger partial charge >= 0.3 is 0 Å². The highest BCUT2D eigenvalue weighted by molar-refractivity contribution is 9.10. The quantitative estimate of drug-likeness (QED) is 0.228. The van der Waals surface area contributed by atoms with Crippen molar-refractivity contribution in [3.8, 4) is 5.75 Å². The van der Waals surface area contributed by atoms with Crippen LogP contribution < -0.4 is 10.3 Å². The standard InChI is InChI=1S/C26H23Br2N3O2/c1-3-17(2)25-30-23-13-12-21(28)14-22(23)26(32)31(25)29-15-19-6-4-5-7-24(19)33-16-18-8-10-20(27)11-9-18/h4-15,17H,3,16H2,1-2H3/t17-/m0/s1. The van der Waals surface area contributed by atoms with E-state index in [-0.39, 0.29) is 11.5 Å². The van der Waals surface area contributed by atoms with E-state index >= 15 is 0 Å². The van der Waals surface area contributed by atoms with Crippen LogP contribution in [0.3, 0.4) is 0 Å². The lowest BCUT2D eigenvalue weighted by molar-refractivity contribution is 0.306. The first-order chi connectivity index (χ1) is 16.0. The minimum absolute atomic E-state index is 0.0757. The third-order valence-corrected chi connectivity index (χ3v) is 6.45. The van der Waals surface area contributed by atoms with Crippen LogP contribution in [0.15, 0.2) is 85.6 Å². The maximum atomic E-state index is 13.3. The van der Waals surface area contributed by atoms with Crippen LogP contribution in [0.4, 0.5) is 0 Å². The van der Waals surface area contributed by atoms with E-state index in [1.807, 2.05) is 67.6 Å². The number of ether oxygens (including phenoxy) is 1. The van der Waals surface area contributed by atoms with Gasteiger partial charge in [-0.3, -0.25) is 4.79 Å². The van der Waals surface area contributed by atoms with Gasteiger partial charge in [0, 0.05) is 20.4 Å². The van der Waals surface area contributed by atoms with Gasteiger partial charge in [0.25, 0.3) is 5.56 Å². The highest BCUT2D eigenvalue weighted by atomic mass is 79.9. The van der Waals surface area contributed by atoms with Crippen LogP contribution in [-0.2, 0) is 6.61 Å². The van der Waals surface area contributed by atoms with Crippen LogP contribution in [-0.4, -0.2) is 15.9 Å². The van der Waals surface area contributed by atoms with Crippen LogP contribution >= 0.6 is 31.9 Å². The fourth-order valence-electron chi connectivity index (χ4n) is 3.36. The van der Waals surface area contributed by atoms with E-state index in [9.17, 15) is 4.79 Å². The molecule has 0 N–H and O–H groups in total. The van der Waals surface area contributed by atoms with Gasteiger partial charge in [-0.25, -0.2) is 4.98 Å². The van der Waals surface area contributed by atoms with E-state index in [1.54, 1.807) is 12.3 Å². The molecule has 4 rings (SSSR count). The summed E-state index contributed by atoms with van der Waals surface area (Å²) in [6.45, 7) is 4.55. The monoisotopic (exact) mass is 567 g/mol. The lowest BCUT2D eigenvalue weighted by Crippen LogP contribution is -2.23. The molecule has 0 saturated carbocycles. The first kappa shape index (κ1) is 23.4. The summed E-state index contributed by atoms with van der Waals surface area (Å²) in [7, 11) is 0. The number of halogens is 2. The van der Waals surface area contributed by atoms with Gasteiger partial charge < -0.3 is 4.74 Å². The van der Waals surface area contributed by atoms with Gasteiger partial charge in [0.05, 0.1) is 17.1 Å². The van der Waals surface area contributed by atoms with Gasteiger partial charge in [-0.15, -0.1) is 0 Å². The van der Waals surface area contributed by atoms with Gasteiger partial charge in [-0.1, -0.05) is 70.0 Å². The van der Waals surface area contributed by atoms with Crippen LogP contribution in [0.2, 0.25) is 0 Å². The summed E-state index contributed by atoms with van der Waals surface area (Å²) >= 11 is 6.89. The van der Waals surface area contributed by atoms with Crippen LogP contribution in [0.1, 0.15) is 43.1 Å². The Hall–Kier alpha value is -2.77. The van der Waals surface area contributed by atoms with E-state index in [2.05, 4.69) is 43.9 Å². The predicted molar refractivity (Wildman–Crippen MR) is 140 cm³/mol.